The van der Waals surface area contributed by atoms with Crippen LogP contribution in [-0.2, 0) is 19.6 Å². The topological polar surface area (TPSA) is 76.0 Å². The third-order valence-electron chi connectivity index (χ3n) is 4.12. The van der Waals surface area contributed by atoms with Gasteiger partial charge in [-0.05, 0) is 31.4 Å². The summed E-state index contributed by atoms with van der Waals surface area (Å²) in [5, 5.41) is 0. The number of esters is 1. The van der Waals surface area contributed by atoms with Crippen LogP contribution >= 0.6 is 0 Å². The zero-order chi connectivity index (χ0) is 16.4. The molecule has 2 aliphatic rings. The second-order valence-electron chi connectivity index (χ2n) is 5.84. The fourth-order valence-electron chi connectivity index (χ4n) is 3.00. The van der Waals surface area contributed by atoms with Gasteiger partial charge < -0.3 is 9.64 Å². The van der Waals surface area contributed by atoms with Crippen molar-refractivity contribution >= 4 is 21.8 Å². The minimum atomic E-state index is -3.63. The van der Waals surface area contributed by atoms with Crippen molar-refractivity contribution in [3.63, 3.8) is 0 Å². The van der Waals surface area contributed by atoms with E-state index < -0.39 is 10.0 Å². The number of carbonyl (C=O) groups is 1. The number of benzene rings is 1. The van der Waals surface area contributed by atoms with Crippen LogP contribution in [0.4, 0.5) is 0 Å². The molecular formula is C16H20N2O4S. The van der Waals surface area contributed by atoms with E-state index in [1.807, 2.05) is 11.8 Å². The van der Waals surface area contributed by atoms with Gasteiger partial charge in [-0.15, -0.1) is 4.40 Å². The molecule has 0 aliphatic carbocycles. The Bertz CT molecular complexity index is 742. The molecule has 1 atom stereocenters. The Morgan fingerprint density at radius 1 is 1.39 bits per heavy atom. The van der Waals surface area contributed by atoms with Gasteiger partial charge in [0.05, 0.1) is 12.5 Å². The fourth-order valence-corrected chi connectivity index (χ4v) is 4.23. The van der Waals surface area contributed by atoms with Crippen LogP contribution in [0.5, 0.6) is 0 Å². The first-order valence-corrected chi connectivity index (χ1v) is 9.33. The van der Waals surface area contributed by atoms with E-state index in [1.165, 1.54) is 0 Å². The van der Waals surface area contributed by atoms with Crippen molar-refractivity contribution in [1.29, 1.82) is 0 Å². The van der Waals surface area contributed by atoms with Crippen LogP contribution in [0.3, 0.4) is 0 Å². The van der Waals surface area contributed by atoms with Crippen molar-refractivity contribution in [1.82, 2.24) is 4.90 Å². The highest BCUT2D eigenvalue weighted by Gasteiger charge is 2.35. The Morgan fingerprint density at radius 2 is 2.17 bits per heavy atom. The molecule has 2 aliphatic heterocycles. The van der Waals surface area contributed by atoms with E-state index in [0.29, 0.717) is 31.1 Å². The zero-order valence-electron chi connectivity index (χ0n) is 13.1. The van der Waals surface area contributed by atoms with Gasteiger partial charge in [0.1, 0.15) is 4.90 Å². The maximum Gasteiger partial charge on any atom is 0.310 e. The summed E-state index contributed by atoms with van der Waals surface area (Å²) in [5.74, 6) is 0.0216. The van der Waals surface area contributed by atoms with Crippen LogP contribution < -0.4 is 0 Å². The SMILES string of the molecule is CCCOC(=O)C1CCCN(C2=NS(=O)(=O)c3ccccc32)C1. The van der Waals surface area contributed by atoms with Crippen molar-refractivity contribution in [2.24, 2.45) is 10.3 Å². The van der Waals surface area contributed by atoms with Crippen molar-refractivity contribution in [3.05, 3.63) is 29.8 Å². The van der Waals surface area contributed by atoms with Gasteiger partial charge >= 0.3 is 5.97 Å². The minimum absolute atomic E-state index is 0.203. The Morgan fingerprint density at radius 3 is 2.96 bits per heavy atom. The Labute approximate surface area is 136 Å². The van der Waals surface area contributed by atoms with Crippen LogP contribution in [0.25, 0.3) is 0 Å². The van der Waals surface area contributed by atoms with Crippen molar-refractivity contribution in [2.75, 3.05) is 19.7 Å². The summed E-state index contributed by atoms with van der Waals surface area (Å²) in [5.41, 5.74) is 0.620. The van der Waals surface area contributed by atoms with Gasteiger partial charge in [0.25, 0.3) is 10.0 Å². The number of hydrogen-bond donors (Lipinski definition) is 0. The van der Waals surface area contributed by atoms with Crippen LogP contribution in [0.1, 0.15) is 31.7 Å². The number of nitrogens with zero attached hydrogens (tertiary/aromatic N) is 2. The average Bonchev–Trinajstić information content (AvgIpc) is 2.85. The van der Waals surface area contributed by atoms with Gasteiger partial charge in [-0.2, -0.15) is 8.42 Å². The van der Waals surface area contributed by atoms with Crippen LogP contribution in [0.2, 0.25) is 0 Å². The van der Waals surface area contributed by atoms with Crippen LogP contribution in [0.15, 0.2) is 33.6 Å². The van der Waals surface area contributed by atoms with E-state index in [9.17, 15) is 13.2 Å². The molecular weight excluding hydrogens is 316 g/mol. The first kappa shape index (κ1) is 16.0. The molecule has 0 spiro atoms. The predicted octanol–water partition coefficient (Wildman–Crippen LogP) is 1.80. The lowest BCUT2D eigenvalue weighted by Crippen LogP contribution is -2.42. The van der Waals surface area contributed by atoms with Gasteiger partial charge in [-0.25, -0.2) is 0 Å². The molecule has 2 heterocycles. The van der Waals surface area contributed by atoms with E-state index in [0.717, 1.165) is 19.3 Å². The standard InChI is InChI=1S/C16H20N2O4S/c1-2-10-22-16(19)12-6-5-9-18(11-12)15-13-7-3-4-8-14(13)23(20,21)17-15/h3-4,7-8,12H,2,5-6,9-11H2,1H3. The van der Waals surface area contributed by atoms with Crippen molar-refractivity contribution in [3.8, 4) is 0 Å². The molecule has 124 valence electrons. The number of piperidine rings is 1. The summed E-state index contributed by atoms with van der Waals surface area (Å²) in [4.78, 5) is 14.2. The highest BCUT2D eigenvalue weighted by Crippen LogP contribution is 2.29. The Kier molecular flexibility index (Phi) is 4.39. The zero-order valence-corrected chi connectivity index (χ0v) is 13.9. The second-order valence-corrected chi connectivity index (χ2v) is 7.41. The first-order chi connectivity index (χ1) is 11.0. The Balaban J connectivity index is 1.81. The number of fused-ring (bicyclic) bond motifs is 1. The molecule has 0 saturated carbocycles. The van der Waals surface area contributed by atoms with Gasteiger partial charge in [-0.3, -0.25) is 4.79 Å². The van der Waals surface area contributed by atoms with E-state index in [2.05, 4.69) is 4.40 Å². The summed E-state index contributed by atoms with van der Waals surface area (Å²) in [6, 6.07) is 6.82. The van der Waals surface area contributed by atoms with Gasteiger partial charge in [0.15, 0.2) is 5.84 Å². The molecule has 23 heavy (non-hydrogen) atoms. The van der Waals surface area contributed by atoms with Crippen LogP contribution in [0, 0.1) is 5.92 Å². The smallest absolute Gasteiger partial charge is 0.310 e. The lowest BCUT2D eigenvalue weighted by atomic mass is 9.97. The average molecular weight is 336 g/mol. The minimum Gasteiger partial charge on any atom is -0.465 e. The highest BCUT2D eigenvalue weighted by atomic mass is 32.2. The molecule has 1 unspecified atom stereocenters. The number of likely N-dealkylation sites (tertiary alicyclic amines) is 1. The number of carbonyl (C=O) groups excluding carboxylic acids is 1. The second kappa shape index (κ2) is 6.31. The predicted molar refractivity (Wildman–Crippen MR) is 85.7 cm³/mol. The van der Waals surface area contributed by atoms with Gasteiger partial charge in [0.2, 0.25) is 0 Å². The lowest BCUT2D eigenvalue weighted by molar-refractivity contribution is -0.149. The molecule has 1 aromatic rings. The third-order valence-corrected chi connectivity index (χ3v) is 5.44. The summed E-state index contributed by atoms with van der Waals surface area (Å²) in [7, 11) is -3.63. The molecule has 0 amide bonds. The molecule has 1 saturated heterocycles. The molecule has 0 N–H and O–H groups in total. The normalized spacial score (nSPS) is 22.4. The number of hydrogen-bond acceptors (Lipinski definition) is 5. The maximum atomic E-state index is 12.2. The molecule has 7 heteroatoms. The summed E-state index contributed by atoms with van der Waals surface area (Å²) >= 11 is 0. The number of rotatable bonds is 3. The molecule has 3 rings (SSSR count). The largest absolute Gasteiger partial charge is 0.465 e. The molecule has 1 fully saturated rings. The molecule has 0 radical (unpaired) electrons. The lowest BCUT2D eigenvalue weighted by Gasteiger charge is -2.32. The number of amidine groups is 1. The third kappa shape index (κ3) is 3.10. The van der Waals surface area contributed by atoms with E-state index in [1.54, 1.807) is 24.3 Å². The number of sulfonamides is 1. The summed E-state index contributed by atoms with van der Waals surface area (Å²) in [6.45, 7) is 3.52. The van der Waals surface area contributed by atoms with E-state index >= 15 is 0 Å². The summed E-state index contributed by atoms with van der Waals surface area (Å²) < 4.78 is 33.5. The number of ether oxygens (including phenoxy) is 1. The Hall–Kier alpha value is -1.89. The van der Waals surface area contributed by atoms with Gasteiger partial charge in [-0.1, -0.05) is 19.1 Å². The van der Waals surface area contributed by atoms with Gasteiger partial charge in [0, 0.05) is 18.7 Å². The first-order valence-electron chi connectivity index (χ1n) is 7.89. The molecule has 1 aromatic carbocycles. The van der Waals surface area contributed by atoms with Crippen molar-refractivity contribution < 1.29 is 17.9 Å². The highest BCUT2D eigenvalue weighted by molar-refractivity contribution is 7.90. The monoisotopic (exact) mass is 336 g/mol. The molecule has 0 aromatic heterocycles. The fraction of sp³-hybridized carbons (Fsp3) is 0.500. The molecule has 6 nitrogen and oxygen atoms in total. The van der Waals surface area contributed by atoms with Crippen molar-refractivity contribution in [2.45, 2.75) is 31.1 Å². The quantitative estimate of drug-likeness (QED) is 0.787. The van der Waals surface area contributed by atoms with Crippen LogP contribution in [-0.4, -0.2) is 44.8 Å². The maximum absolute atomic E-state index is 12.2. The van der Waals surface area contributed by atoms with E-state index in [-0.39, 0.29) is 16.8 Å². The molecule has 0 bridgehead atoms. The summed E-state index contributed by atoms with van der Waals surface area (Å²) in [6.07, 6.45) is 2.37. The van der Waals surface area contributed by atoms with E-state index in [4.69, 9.17) is 4.74 Å².